The third kappa shape index (κ3) is 8.23. The van der Waals surface area contributed by atoms with Crippen molar-refractivity contribution in [1.82, 2.24) is 4.90 Å². The van der Waals surface area contributed by atoms with Crippen LogP contribution >= 0.6 is 11.6 Å². The molecular weight excluding hydrogens is 394 g/mol. The zero-order chi connectivity index (χ0) is 21.1. The minimum atomic E-state index is -0.826. The summed E-state index contributed by atoms with van der Waals surface area (Å²) in [5, 5.41) is 17.4. The molecule has 7 heteroatoms. The summed E-state index contributed by atoms with van der Waals surface area (Å²) >= 11 is 5.62. The summed E-state index contributed by atoms with van der Waals surface area (Å²) in [5.74, 6) is -1.24. The van der Waals surface area contributed by atoms with Crippen molar-refractivity contribution >= 4 is 23.5 Å². The van der Waals surface area contributed by atoms with Crippen LogP contribution in [-0.4, -0.2) is 53.4 Å². The van der Waals surface area contributed by atoms with E-state index < -0.39 is 11.9 Å². The van der Waals surface area contributed by atoms with Crippen LogP contribution in [0.15, 0.2) is 48.5 Å². The number of alkyl halides is 1. The molecule has 2 aromatic carbocycles. The second kappa shape index (κ2) is 12.2. The average Bonchev–Trinajstić information content (AvgIpc) is 2.70. The summed E-state index contributed by atoms with van der Waals surface area (Å²) in [5.41, 5.74) is 3.70. The second-order valence-electron chi connectivity index (χ2n) is 6.70. The van der Waals surface area contributed by atoms with Crippen LogP contribution in [0.3, 0.4) is 0 Å². The number of nitrogens with zero attached hydrogens (tertiary/aromatic N) is 1. The highest BCUT2D eigenvalue weighted by Crippen LogP contribution is 2.14. The summed E-state index contributed by atoms with van der Waals surface area (Å²) in [4.78, 5) is 23.5. The van der Waals surface area contributed by atoms with Crippen LogP contribution < -0.4 is 0 Å². The van der Waals surface area contributed by atoms with Crippen LogP contribution in [-0.2, 0) is 39.6 Å². The van der Waals surface area contributed by atoms with Gasteiger partial charge in [-0.05, 0) is 22.3 Å². The van der Waals surface area contributed by atoms with Gasteiger partial charge >= 0.3 is 11.9 Å². The number of hydrogen-bond donors (Lipinski definition) is 2. The number of aliphatic carboxylic acids is 2. The SMILES string of the molecule is O=C(O)Cc1ccccc1CCl.O=C(O)Cc1ccccc1CN1CCOCC1. The first-order valence-electron chi connectivity index (χ1n) is 9.42. The Morgan fingerprint density at radius 3 is 1.76 bits per heavy atom. The van der Waals surface area contributed by atoms with Crippen LogP contribution in [0.4, 0.5) is 0 Å². The van der Waals surface area contributed by atoms with Crippen LogP contribution in [0, 0.1) is 0 Å². The Bertz CT molecular complexity index is 805. The minimum absolute atomic E-state index is 0.0445. The van der Waals surface area contributed by atoms with Gasteiger partial charge in [0.1, 0.15) is 0 Å². The Labute approximate surface area is 175 Å². The maximum atomic E-state index is 10.8. The maximum Gasteiger partial charge on any atom is 0.307 e. The molecule has 0 radical (unpaired) electrons. The summed E-state index contributed by atoms with van der Waals surface area (Å²) in [7, 11) is 0. The molecule has 1 heterocycles. The predicted molar refractivity (Wildman–Crippen MR) is 111 cm³/mol. The molecule has 2 aromatic rings. The monoisotopic (exact) mass is 419 g/mol. The standard InChI is InChI=1S/C13H17NO3.C9H9ClO2/c15-13(16)9-11-3-1-2-4-12(11)10-14-5-7-17-8-6-14;10-6-8-4-2-1-3-7(8)5-9(11)12/h1-4H,5-10H2,(H,15,16);1-4H,5-6H2,(H,11,12). The van der Waals surface area contributed by atoms with Crippen molar-refractivity contribution in [3.05, 3.63) is 70.8 Å². The number of carboxylic acid groups (broad SMARTS) is 2. The van der Waals surface area contributed by atoms with E-state index in [2.05, 4.69) is 4.90 Å². The highest BCUT2D eigenvalue weighted by Gasteiger charge is 2.13. The number of ether oxygens (including phenoxy) is 1. The van der Waals surface area contributed by atoms with Gasteiger partial charge in [-0.25, -0.2) is 0 Å². The Morgan fingerprint density at radius 2 is 1.28 bits per heavy atom. The lowest BCUT2D eigenvalue weighted by molar-refractivity contribution is -0.137. The van der Waals surface area contributed by atoms with Crippen molar-refractivity contribution in [2.75, 3.05) is 26.3 Å². The van der Waals surface area contributed by atoms with Crippen LogP contribution in [0.5, 0.6) is 0 Å². The Balaban J connectivity index is 0.000000221. The fourth-order valence-electron chi connectivity index (χ4n) is 3.07. The van der Waals surface area contributed by atoms with E-state index in [0.717, 1.165) is 55.1 Å². The molecule has 0 bridgehead atoms. The Morgan fingerprint density at radius 1 is 0.828 bits per heavy atom. The van der Waals surface area contributed by atoms with Crippen LogP contribution in [0.1, 0.15) is 22.3 Å². The molecule has 0 aromatic heterocycles. The molecule has 29 heavy (non-hydrogen) atoms. The molecule has 1 aliphatic rings. The van der Waals surface area contributed by atoms with Crippen LogP contribution in [0.25, 0.3) is 0 Å². The quantitative estimate of drug-likeness (QED) is 0.670. The number of hydrogen-bond acceptors (Lipinski definition) is 4. The molecule has 1 aliphatic heterocycles. The maximum absolute atomic E-state index is 10.8. The lowest BCUT2D eigenvalue weighted by Gasteiger charge is -2.27. The third-order valence-electron chi connectivity index (χ3n) is 4.56. The molecule has 156 valence electrons. The summed E-state index contributed by atoms with van der Waals surface area (Å²) < 4.78 is 5.30. The zero-order valence-electron chi connectivity index (χ0n) is 16.2. The Kier molecular flexibility index (Phi) is 9.64. The van der Waals surface area contributed by atoms with Crippen LogP contribution in [0.2, 0.25) is 0 Å². The van der Waals surface area contributed by atoms with Gasteiger partial charge in [-0.1, -0.05) is 48.5 Å². The smallest absolute Gasteiger partial charge is 0.307 e. The van der Waals surface area contributed by atoms with Gasteiger partial charge < -0.3 is 14.9 Å². The molecule has 0 unspecified atom stereocenters. The molecule has 1 fully saturated rings. The zero-order valence-corrected chi connectivity index (χ0v) is 17.0. The van der Waals surface area contributed by atoms with E-state index in [1.807, 2.05) is 42.5 Å². The third-order valence-corrected chi connectivity index (χ3v) is 4.85. The molecule has 0 spiro atoms. The normalized spacial score (nSPS) is 14.0. The second-order valence-corrected chi connectivity index (χ2v) is 6.97. The molecule has 0 amide bonds. The largest absolute Gasteiger partial charge is 0.481 e. The van der Waals surface area contributed by atoms with E-state index in [9.17, 15) is 9.59 Å². The summed E-state index contributed by atoms with van der Waals surface area (Å²) in [6.45, 7) is 4.18. The van der Waals surface area contributed by atoms with E-state index in [1.54, 1.807) is 6.07 Å². The van der Waals surface area contributed by atoms with Crippen molar-refractivity contribution in [2.45, 2.75) is 25.3 Å². The lowest BCUT2D eigenvalue weighted by Crippen LogP contribution is -2.35. The van der Waals surface area contributed by atoms with Gasteiger partial charge in [0.25, 0.3) is 0 Å². The first kappa shape index (κ1) is 22.9. The molecule has 0 saturated carbocycles. The van der Waals surface area contributed by atoms with Gasteiger partial charge in [0.2, 0.25) is 0 Å². The number of carbonyl (C=O) groups is 2. The molecule has 6 nitrogen and oxygen atoms in total. The number of rotatable bonds is 7. The highest BCUT2D eigenvalue weighted by atomic mass is 35.5. The van der Waals surface area contributed by atoms with Gasteiger partial charge in [-0.2, -0.15) is 0 Å². The van der Waals surface area contributed by atoms with E-state index in [4.69, 9.17) is 26.6 Å². The van der Waals surface area contributed by atoms with Crippen molar-refractivity contribution in [2.24, 2.45) is 0 Å². The van der Waals surface area contributed by atoms with Crippen molar-refractivity contribution in [1.29, 1.82) is 0 Å². The molecule has 2 N–H and O–H groups in total. The summed E-state index contributed by atoms with van der Waals surface area (Å²) in [6.07, 6.45) is 0.142. The first-order valence-corrected chi connectivity index (χ1v) is 9.96. The van der Waals surface area contributed by atoms with Gasteiger partial charge in [0, 0.05) is 25.5 Å². The lowest BCUT2D eigenvalue weighted by atomic mass is 10.0. The number of morpholine rings is 1. The molecule has 0 atom stereocenters. The van der Waals surface area contributed by atoms with E-state index in [-0.39, 0.29) is 12.8 Å². The molecule has 0 aliphatic carbocycles. The van der Waals surface area contributed by atoms with E-state index in [1.165, 1.54) is 0 Å². The minimum Gasteiger partial charge on any atom is -0.481 e. The fraction of sp³-hybridized carbons (Fsp3) is 0.364. The van der Waals surface area contributed by atoms with Crippen molar-refractivity contribution in [3.63, 3.8) is 0 Å². The number of carboxylic acids is 2. The predicted octanol–water partition coefficient (Wildman–Crippen LogP) is 3.20. The van der Waals surface area contributed by atoms with E-state index >= 15 is 0 Å². The van der Waals surface area contributed by atoms with Gasteiger partial charge in [0.15, 0.2) is 0 Å². The topological polar surface area (TPSA) is 87.1 Å². The fourth-order valence-corrected chi connectivity index (χ4v) is 3.33. The molecular formula is C22H26ClNO5. The summed E-state index contributed by atoms with van der Waals surface area (Å²) in [6, 6.07) is 15.0. The molecule has 1 saturated heterocycles. The van der Waals surface area contributed by atoms with E-state index in [0.29, 0.717) is 5.88 Å². The average molecular weight is 420 g/mol. The van der Waals surface area contributed by atoms with Crippen molar-refractivity contribution in [3.8, 4) is 0 Å². The highest BCUT2D eigenvalue weighted by molar-refractivity contribution is 6.17. The van der Waals surface area contributed by atoms with Gasteiger partial charge in [-0.3, -0.25) is 14.5 Å². The van der Waals surface area contributed by atoms with Gasteiger partial charge in [0.05, 0.1) is 26.1 Å². The number of benzene rings is 2. The Hall–Kier alpha value is -2.41. The molecule has 3 rings (SSSR count). The first-order chi connectivity index (χ1) is 14.0. The van der Waals surface area contributed by atoms with Crippen molar-refractivity contribution < 1.29 is 24.5 Å². The van der Waals surface area contributed by atoms with Gasteiger partial charge in [-0.15, -0.1) is 11.6 Å². The number of halogens is 1.